The van der Waals surface area contributed by atoms with Crippen LogP contribution in [-0.2, 0) is 10.2 Å². The highest BCUT2D eigenvalue weighted by molar-refractivity contribution is 7.90. The number of benzene rings is 1. The molecule has 0 fully saturated rings. The zero-order valence-corrected chi connectivity index (χ0v) is 10.1. The molecule has 7 heteroatoms. The van der Waals surface area contributed by atoms with Crippen molar-refractivity contribution in [3.05, 3.63) is 28.8 Å². The van der Waals surface area contributed by atoms with Crippen molar-refractivity contribution in [2.45, 2.75) is 6.92 Å². The van der Waals surface area contributed by atoms with E-state index in [2.05, 4.69) is 9.44 Å². The summed E-state index contributed by atoms with van der Waals surface area (Å²) in [6.07, 6.45) is 0. The number of anilines is 1. The third-order valence-corrected chi connectivity index (χ3v) is 3.07. The summed E-state index contributed by atoms with van der Waals surface area (Å²) in [5.41, 5.74) is 0.377. The lowest BCUT2D eigenvalue weighted by atomic mass is 10.2. The van der Waals surface area contributed by atoms with E-state index < -0.39 is 10.2 Å². The Bertz CT molecular complexity index is 522. The van der Waals surface area contributed by atoms with Crippen LogP contribution in [0.2, 0.25) is 5.02 Å². The van der Waals surface area contributed by atoms with Crippen LogP contribution in [0.3, 0.4) is 0 Å². The molecule has 0 radical (unpaired) electrons. The highest BCUT2D eigenvalue weighted by Gasteiger charge is 2.11. The molecule has 0 unspecified atom stereocenters. The molecule has 86 valence electrons. The highest BCUT2D eigenvalue weighted by atomic mass is 35.5. The highest BCUT2D eigenvalue weighted by Crippen LogP contribution is 2.20. The van der Waals surface area contributed by atoms with E-state index in [1.54, 1.807) is 6.92 Å². The zero-order valence-electron chi connectivity index (χ0n) is 8.49. The fourth-order valence-electron chi connectivity index (χ4n) is 1.07. The molecule has 0 heterocycles. The van der Waals surface area contributed by atoms with Gasteiger partial charge in [0.2, 0.25) is 0 Å². The number of rotatable bonds is 4. The lowest BCUT2D eigenvalue weighted by Gasteiger charge is -2.09. The molecular formula is C9H10ClN3O2S. The average Bonchev–Trinajstić information content (AvgIpc) is 2.17. The molecule has 1 rings (SSSR count). The Morgan fingerprint density at radius 1 is 1.50 bits per heavy atom. The van der Waals surface area contributed by atoms with Crippen LogP contribution in [0.1, 0.15) is 12.5 Å². The van der Waals surface area contributed by atoms with Gasteiger partial charge in [0, 0.05) is 11.6 Å². The smallest absolute Gasteiger partial charge is 0.270 e. The molecule has 0 aromatic heterocycles. The van der Waals surface area contributed by atoms with Crippen molar-refractivity contribution in [1.29, 1.82) is 5.26 Å². The van der Waals surface area contributed by atoms with Crippen LogP contribution in [0, 0.1) is 11.3 Å². The van der Waals surface area contributed by atoms with Gasteiger partial charge in [0.25, 0.3) is 10.2 Å². The number of hydrogen-bond acceptors (Lipinski definition) is 3. The minimum absolute atomic E-state index is 0.163. The maximum atomic E-state index is 11.4. The fourth-order valence-corrected chi connectivity index (χ4v) is 2.15. The zero-order chi connectivity index (χ0) is 12.2. The summed E-state index contributed by atoms with van der Waals surface area (Å²) < 4.78 is 27.3. The predicted molar refractivity (Wildman–Crippen MR) is 62.4 cm³/mol. The Hall–Kier alpha value is -1.29. The first kappa shape index (κ1) is 12.8. The van der Waals surface area contributed by atoms with Crippen molar-refractivity contribution in [1.82, 2.24) is 4.72 Å². The van der Waals surface area contributed by atoms with E-state index in [0.29, 0.717) is 5.02 Å². The van der Waals surface area contributed by atoms with Crippen molar-refractivity contribution < 1.29 is 8.42 Å². The predicted octanol–water partition coefficient (Wildman–Crippen LogP) is 1.48. The first-order valence-electron chi connectivity index (χ1n) is 4.45. The summed E-state index contributed by atoms with van der Waals surface area (Å²) in [6, 6.07) is 6.23. The van der Waals surface area contributed by atoms with Crippen LogP contribution >= 0.6 is 11.6 Å². The van der Waals surface area contributed by atoms with Crippen LogP contribution in [0.15, 0.2) is 18.2 Å². The van der Waals surface area contributed by atoms with Gasteiger partial charge in [0.15, 0.2) is 0 Å². The molecule has 0 aliphatic carbocycles. The van der Waals surface area contributed by atoms with Crippen LogP contribution in [-0.4, -0.2) is 15.0 Å². The van der Waals surface area contributed by atoms with Crippen LogP contribution < -0.4 is 9.44 Å². The molecule has 0 saturated carbocycles. The molecule has 0 spiro atoms. The molecule has 0 saturated heterocycles. The third kappa shape index (κ3) is 3.38. The Morgan fingerprint density at radius 2 is 2.19 bits per heavy atom. The summed E-state index contributed by atoms with van der Waals surface area (Å²) in [4.78, 5) is 0. The van der Waals surface area contributed by atoms with Crippen molar-refractivity contribution in [3.8, 4) is 6.07 Å². The maximum Gasteiger partial charge on any atom is 0.299 e. The summed E-state index contributed by atoms with van der Waals surface area (Å²) in [5.74, 6) is 0. The number of nitriles is 1. The second kappa shape index (κ2) is 5.16. The molecule has 5 nitrogen and oxygen atoms in total. The molecule has 16 heavy (non-hydrogen) atoms. The Morgan fingerprint density at radius 3 is 2.75 bits per heavy atom. The summed E-state index contributed by atoms with van der Waals surface area (Å²) >= 11 is 5.72. The van der Waals surface area contributed by atoms with E-state index in [1.165, 1.54) is 18.2 Å². The molecule has 0 atom stereocenters. The minimum Gasteiger partial charge on any atom is -0.270 e. The standard InChI is InChI=1S/C9H10ClN3O2S/c1-2-12-16(14,15)13-9-5-8(10)4-3-7(9)6-11/h3-5,12-13H,2H2,1H3. The number of halogens is 1. The van der Waals surface area contributed by atoms with Crippen molar-refractivity contribution in [3.63, 3.8) is 0 Å². The van der Waals surface area contributed by atoms with Gasteiger partial charge < -0.3 is 0 Å². The normalized spacial score (nSPS) is 10.8. The van der Waals surface area contributed by atoms with Gasteiger partial charge in [-0.15, -0.1) is 0 Å². The van der Waals surface area contributed by atoms with Gasteiger partial charge in [-0.1, -0.05) is 18.5 Å². The SMILES string of the molecule is CCNS(=O)(=O)Nc1cc(Cl)ccc1C#N. The van der Waals surface area contributed by atoms with Crippen LogP contribution in [0.5, 0.6) is 0 Å². The van der Waals surface area contributed by atoms with Gasteiger partial charge in [0.1, 0.15) is 6.07 Å². The van der Waals surface area contributed by atoms with Gasteiger partial charge in [0.05, 0.1) is 11.3 Å². The molecule has 0 amide bonds. The van der Waals surface area contributed by atoms with Crippen LogP contribution in [0.4, 0.5) is 5.69 Å². The number of nitrogens with zero attached hydrogens (tertiary/aromatic N) is 1. The first-order chi connectivity index (χ1) is 7.48. The van der Waals surface area contributed by atoms with Gasteiger partial charge in [-0.05, 0) is 18.2 Å². The van der Waals surface area contributed by atoms with Gasteiger partial charge in [-0.25, -0.2) is 0 Å². The van der Waals surface area contributed by atoms with E-state index in [9.17, 15) is 8.42 Å². The summed E-state index contributed by atoms with van der Waals surface area (Å²) in [6.45, 7) is 1.92. The summed E-state index contributed by atoms with van der Waals surface area (Å²) in [5, 5.41) is 9.14. The Kier molecular flexibility index (Phi) is 4.12. The molecule has 0 bridgehead atoms. The molecule has 0 aliphatic rings. The maximum absolute atomic E-state index is 11.4. The van der Waals surface area contributed by atoms with Gasteiger partial charge in [-0.2, -0.15) is 18.4 Å². The van der Waals surface area contributed by atoms with Crippen molar-refractivity contribution >= 4 is 27.5 Å². The quantitative estimate of drug-likeness (QED) is 0.859. The van der Waals surface area contributed by atoms with Gasteiger partial charge >= 0.3 is 0 Å². The topological polar surface area (TPSA) is 82.0 Å². The van der Waals surface area contributed by atoms with E-state index in [4.69, 9.17) is 16.9 Å². The Labute approximate surface area is 99.2 Å². The second-order valence-electron chi connectivity index (χ2n) is 2.91. The second-order valence-corrected chi connectivity index (χ2v) is 4.84. The molecule has 0 aliphatic heterocycles. The van der Waals surface area contributed by atoms with E-state index in [1.807, 2.05) is 6.07 Å². The minimum atomic E-state index is -3.64. The third-order valence-electron chi connectivity index (χ3n) is 1.68. The van der Waals surface area contributed by atoms with Crippen molar-refractivity contribution in [2.75, 3.05) is 11.3 Å². The fraction of sp³-hybridized carbons (Fsp3) is 0.222. The van der Waals surface area contributed by atoms with Gasteiger partial charge in [-0.3, -0.25) is 4.72 Å². The summed E-state index contributed by atoms with van der Waals surface area (Å²) in [7, 11) is -3.64. The molecule has 1 aromatic carbocycles. The number of hydrogen-bond donors (Lipinski definition) is 2. The molecular weight excluding hydrogens is 250 g/mol. The first-order valence-corrected chi connectivity index (χ1v) is 6.31. The lowest BCUT2D eigenvalue weighted by molar-refractivity contribution is 0.589. The monoisotopic (exact) mass is 259 g/mol. The largest absolute Gasteiger partial charge is 0.299 e. The van der Waals surface area contributed by atoms with Crippen LogP contribution in [0.25, 0.3) is 0 Å². The average molecular weight is 260 g/mol. The Balaban J connectivity index is 3.06. The molecule has 1 aromatic rings. The van der Waals surface area contributed by atoms with E-state index >= 15 is 0 Å². The van der Waals surface area contributed by atoms with Crippen molar-refractivity contribution in [2.24, 2.45) is 0 Å². The van der Waals surface area contributed by atoms with E-state index in [-0.39, 0.29) is 17.8 Å². The number of nitrogens with one attached hydrogen (secondary N) is 2. The van der Waals surface area contributed by atoms with E-state index in [0.717, 1.165) is 0 Å². The lowest BCUT2D eigenvalue weighted by Crippen LogP contribution is -2.30. The molecule has 2 N–H and O–H groups in total.